The molecule has 6 N–H and O–H groups in total. The molecule has 0 aliphatic carbocycles. The molecule has 0 bridgehead atoms. The van der Waals surface area contributed by atoms with E-state index in [4.69, 9.17) is 16.6 Å². The molecule has 0 fully saturated rings. The van der Waals surface area contributed by atoms with Crippen LogP contribution in [0.4, 0.5) is 0 Å². The number of nitrogens with one attached hydrogen (secondary N) is 1. The van der Waals surface area contributed by atoms with Crippen LogP contribution in [0.5, 0.6) is 0 Å². The number of nitrogens with zero attached hydrogens (tertiary/aromatic N) is 2. The van der Waals surface area contributed by atoms with Gasteiger partial charge in [0.1, 0.15) is 6.04 Å². The molecule has 0 saturated carbocycles. The highest BCUT2D eigenvalue weighted by molar-refractivity contribution is 5.76. The number of nitro groups is 1. The first kappa shape index (κ1) is 14.1. The van der Waals surface area contributed by atoms with E-state index in [9.17, 15) is 14.9 Å². The van der Waals surface area contributed by atoms with E-state index in [1.807, 2.05) is 0 Å². The number of carboxylic acid groups (broad SMARTS) is 1. The van der Waals surface area contributed by atoms with Crippen LogP contribution in [0.15, 0.2) is 4.99 Å². The fourth-order valence-corrected chi connectivity index (χ4v) is 0.992. The van der Waals surface area contributed by atoms with Crippen molar-refractivity contribution >= 4 is 11.9 Å². The number of carboxylic acids is 1. The van der Waals surface area contributed by atoms with Crippen molar-refractivity contribution in [2.24, 2.45) is 22.4 Å². The SMILES string of the molecule is CC(CN=C(N)N[N+](=O)[O-])CC(N)C(=O)O. The van der Waals surface area contributed by atoms with Gasteiger partial charge in [0.15, 0.2) is 5.03 Å². The van der Waals surface area contributed by atoms with Crippen molar-refractivity contribution < 1.29 is 14.9 Å². The largest absolute Gasteiger partial charge is 0.480 e. The summed E-state index contributed by atoms with van der Waals surface area (Å²) in [5, 5.41) is 17.7. The lowest BCUT2D eigenvalue weighted by molar-refractivity contribution is -0.525. The van der Waals surface area contributed by atoms with Crippen LogP contribution in [-0.4, -0.2) is 34.7 Å². The van der Waals surface area contributed by atoms with Gasteiger partial charge in [0, 0.05) is 6.54 Å². The van der Waals surface area contributed by atoms with E-state index in [1.54, 1.807) is 12.3 Å². The molecule has 0 aromatic heterocycles. The van der Waals surface area contributed by atoms with Gasteiger partial charge in [-0.1, -0.05) is 12.3 Å². The number of aliphatic imine (C=N–C) groups is 1. The fourth-order valence-electron chi connectivity index (χ4n) is 0.992. The van der Waals surface area contributed by atoms with Gasteiger partial charge in [0.25, 0.3) is 5.96 Å². The van der Waals surface area contributed by atoms with Gasteiger partial charge >= 0.3 is 5.97 Å². The summed E-state index contributed by atoms with van der Waals surface area (Å²) in [5.74, 6) is -1.54. The summed E-state index contributed by atoms with van der Waals surface area (Å²) >= 11 is 0. The third kappa shape index (κ3) is 6.54. The molecule has 16 heavy (non-hydrogen) atoms. The van der Waals surface area contributed by atoms with Crippen LogP contribution in [0.2, 0.25) is 0 Å². The van der Waals surface area contributed by atoms with Crippen LogP contribution in [0, 0.1) is 16.0 Å². The summed E-state index contributed by atoms with van der Waals surface area (Å²) < 4.78 is 0. The van der Waals surface area contributed by atoms with E-state index in [0.717, 1.165) is 0 Å². The van der Waals surface area contributed by atoms with E-state index in [-0.39, 0.29) is 24.8 Å². The molecular formula is C7H15N5O4. The topological polar surface area (TPSA) is 157 Å². The van der Waals surface area contributed by atoms with Crippen molar-refractivity contribution in [2.75, 3.05) is 6.54 Å². The van der Waals surface area contributed by atoms with Crippen LogP contribution in [0.1, 0.15) is 13.3 Å². The monoisotopic (exact) mass is 233 g/mol. The zero-order valence-corrected chi connectivity index (χ0v) is 8.79. The maximum absolute atomic E-state index is 10.4. The Kier molecular flexibility index (Phi) is 5.78. The lowest BCUT2D eigenvalue weighted by atomic mass is 10.0. The minimum absolute atomic E-state index is 0.127. The smallest absolute Gasteiger partial charge is 0.320 e. The van der Waals surface area contributed by atoms with E-state index in [0.29, 0.717) is 0 Å². The average Bonchev–Trinajstić information content (AvgIpc) is 2.13. The van der Waals surface area contributed by atoms with E-state index >= 15 is 0 Å². The van der Waals surface area contributed by atoms with Gasteiger partial charge in [-0.15, -0.1) is 0 Å². The predicted octanol–water partition coefficient (Wildman–Crippen LogP) is -1.48. The second-order valence-corrected chi connectivity index (χ2v) is 3.38. The van der Waals surface area contributed by atoms with Crippen LogP contribution < -0.4 is 16.9 Å². The maximum Gasteiger partial charge on any atom is 0.320 e. The highest BCUT2D eigenvalue weighted by Crippen LogP contribution is 2.05. The molecule has 0 aromatic rings. The lowest BCUT2D eigenvalue weighted by Gasteiger charge is -2.11. The van der Waals surface area contributed by atoms with Gasteiger partial charge in [0.2, 0.25) is 0 Å². The zero-order chi connectivity index (χ0) is 12.7. The average molecular weight is 233 g/mol. The van der Waals surface area contributed by atoms with E-state index in [1.165, 1.54) is 0 Å². The first-order valence-electron chi connectivity index (χ1n) is 4.52. The van der Waals surface area contributed by atoms with Gasteiger partial charge in [-0.05, 0) is 12.3 Å². The first-order valence-corrected chi connectivity index (χ1v) is 4.52. The number of carbonyl (C=O) groups is 1. The molecule has 9 heteroatoms. The normalized spacial score (nSPS) is 15.2. The summed E-state index contributed by atoms with van der Waals surface area (Å²) in [5.41, 5.74) is 12.1. The van der Waals surface area contributed by atoms with Crippen LogP contribution in [-0.2, 0) is 4.79 Å². The third-order valence-corrected chi connectivity index (χ3v) is 1.75. The van der Waals surface area contributed by atoms with Crippen molar-refractivity contribution in [1.29, 1.82) is 0 Å². The molecule has 0 amide bonds. The van der Waals surface area contributed by atoms with Crippen molar-refractivity contribution in [2.45, 2.75) is 19.4 Å². The minimum atomic E-state index is -1.09. The summed E-state index contributed by atoms with van der Waals surface area (Å²) in [6, 6.07) is -0.963. The Hall–Kier alpha value is -1.90. The number of nitrogens with two attached hydrogens (primary N) is 2. The predicted molar refractivity (Wildman–Crippen MR) is 56.0 cm³/mol. The molecule has 2 unspecified atom stereocenters. The van der Waals surface area contributed by atoms with E-state index < -0.39 is 17.0 Å². The van der Waals surface area contributed by atoms with Gasteiger partial charge < -0.3 is 16.6 Å². The second-order valence-electron chi connectivity index (χ2n) is 3.38. The number of guanidine groups is 1. The molecule has 0 heterocycles. The molecular weight excluding hydrogens is 218 g/mol. The molecule has 2 atom stereocenters. The number of hydrogen-bond acceptors (Lipinski definition) is 5. The van der Waals surface area contributed by atoms with Crippen LogP contribution >= 0.6 is 0 Å². The van der Waals surface area contributed by atoms with Crippen molar-refractivity contribution in [1.82, 2.24) is 5.43 Å². The van der Waals surface area contributed by atoms with Crippen LogP contribution in [0.3, 0.4) is 0 Å². The Morgan fingerprint density at radius 2 is 2.25 bits per heavy atom. The lowest BCUT2D eigenvalue weighted by Crippen LogP contribution is -2.37. The minimum Gasteiger partial charge on any atom is -0.480 e. The Balaban J connectivity index is 4.01. The number of aliphatic carboxylic acids is 1. The molecule has 0 saturated heterocycles. The Morgan fingerprint density at radius 1 is 1.69 bits per heavy atom. The van der Waals surface area contributed by atoms with Crippen LogP contribution in [0.25, 0.3) is 0 Å². The number of hydrogen-bond donors (Lipinski definition) is 4. The van der Waals surface area contributed by atoms with Crippen molar-refractivity contribution in [3.63, 3.8) is 0 Å². The molecule has 0 spiro atoms. The summed E-state index contributed by atoms with van der Waals surface area (Å²) in [7, 11) is 0. The Morgan fingerprint density at radius 3 is 2.69 bits per heavy atom. The molecule has 0 rings (SSSR count). The summed E-state index contributed by atoms with van der Waals surface area (Å²) in [6.07, 6.45) is 0.227. The molecule has 92 valence electrons. The van der Waals surface area contributed by atoms with Gasteiger partial charge in [0.05, 0.1) is 0 Å². The molecule has 9 nitrogen and oxygen atoms in total. The quantitative estimate of drug-likeness (QED) is 0.188. The number of hydrazine groups is 1. The molecule has 0 radical (unpaired) electrons. The van der Waals surface area contributed by atoms with Gasteiger partial charge in [-0.3, -0.25) is 4.79 Å². The third-order valence-electron chi connectivity index (χ3n) is 1.75. The van der Waals surface area contributed by atoms with Crippen molar-refractivity contribution in [3.8, 4) is 0 Å². The maximum atomic E-state index is 10.4. The van der Waals surface area contributed by atoms with Crippen molar-refractivity contribution in [3.05, 3.63) is 10.1 Å². The number of rotatable bonds is 6. The Labute approximate surface area is 91.6 Å². The molecule has 0 aliphatic rings. The summed E-state index contributed by atoms with van der Waals surface area (Å²) in [4.78, 5) is 24.1. The molecule has 0 aliphatic heterocycles. The first-order chi connectivity index (χ1) is 7.32. The summed E-state index contributed by atoms with van der Waals surface area (Å²) in [6.45, 7) is 1.90. The zero-order valence-electron chi connectivity index (χ0n) is 8.79. The molecule has 0 aromatic carbocycles. The highest BCUT2D eigenvalue weighted by atomic mass is 16.7. The van der Waals surface area contributed by atoms with Gasteiger partial charge in [-0.25, -0.2) is 15.1 Å². The van der Waals surface area contributed by atoms with E-state index in [2.05, 4.69) is 4.99 Å². The van der Waals surface area contributed by atoms with Gasteiger partial charge in [-0.2, -0.15) is 0 Å². The standard InChI is InChI=1S/C7H15N5O4/c1-4(2-5(8)6(13)14)3-10-7(9)11-12(15)16/h4-5H,2-3,8H2,1H3,(H,13,14)(H3,9,10,11). The highest BCUT2D eigenvalue weighted by Gasteiger charge is 2.15. The second kappa shape index (κ2) is 6.56. The Bertz CT molecular complexity index is 293. The fraction of sp³-hybridized carbons (Fsp3) is 0.714.